The predicted octanol–water partition coefficient (Wildman–Crippen LogP) is 3.09. The van der Waals surface area contributed by atoms with E-state index in [1.54, 1.807) is 0 Å². The molecule has 2 unspecified atom stereocenters. The molecule has 1 aliphatic carbocycles. The summed E-state index contributed by atoms with van der Waals surface area (Å²) < 4.78 is 0. The normalized spacial score (nSPS) is 24.8. The van der Waals surface area contributed by atoms with Crippen molar-refractivity contribution in [2.45, 2.75) is 48.9 Å². The standard InChI is InChI=1S/C13H20N2S/c1-2-8-14-11-6-7-12(10-11)16-13-5-3-4-9-15-13/h3-5,9,11-12,14H,2,6-8,10H2,1H3. The molecule has 0 aromatic carbocycles. The lowest BCUT2D eigenvalue weighted by molar-refractivity contribution is 0.524. The van der Waals surface area contributed by atoms with E-state index in [9.17, 15) is 0 Å². The molecule has 88 valence electrons. The topological polar surface area (TPSA) is 24.9 Å². The summed E-state index contributed by atoms with van der Waals surface area (Å²) in [6, 6.07) is 6.89. The van der Waals surface area contributed by atoms with Gasteiger partial charge < -0.3 is 5.32 Å². The van der Waals surface area contributed by atoms with E-state index < -0.39 is 0 Å². The Kier molecular flexibility index (Phi) is 4.67. The SMILES string of the molecule is CCCNC1CCC(Sc2ccccn2)C1. The van der Waals surface area contributed by atoms with Gasteiger partial charge >= 0.3 is 0 Å². The number of pyridine rings is 1. The molecule has 1 aliphatic rings. The van der Waals surface area contributed by atoms with Crippen LogP contribution in [0.15, 0.2) is 29.4 Å². The van der Waals surface area contributed by atoms with E-state index in [4.69, 9.17) is 0 Å². The number of nitrogens with one attached hydrogen (secondary N) is 1. The van der Waals surface area contributed by atoms with Crippen LogP contribution in [-0.2, 0) is 0 Å². The van der Waals surface area contributed by atoms with E-state index in [0.29, 0.717) is 0 Å². The van der Waals surface area contributed by atoms with Crippen molar-refractivity contribution in [2.24, 2.45) is 0 Å². The van der Waals surface area contributed by atoms with Crippen molar-refractivity contribution >= 4 is 11.8 Å². The first-order valence-electron chi connectivity index (χ1n) is 6.19. The van der Waals surface area contributed by atoms with Crippen molar-refractivity contribution in [3.05, 3.63) is 24.4 Å². The van der Waals surface area contributed by atoms with Gasteiger partial charge in [0.1, 0.15) is 0 Å². The first kappa shape index (κ1) is 11.9. The average Bonchev–Trinajstić information content (AvgIpc) is 2.75. The average molecular weight is 236 g/mol. The lowest BCUT2D eigenvalue weighted by Crippen LogP contribution is -2.27. The number of nitrogens with zero attached hydrogens (tertiary/aromatic N) is 1. The van der Waals surface area contributed by atoms with Crippen LogP contribution in [0.3, 0.4) is 0 Å². The van der Waals surface area contributed by atoms with Crippen LogP contribution in [0, 0.1) is 0 Å². The number of thioether (sulfide) groups is 1. The fourth-order valence-electron chi connectivity index (χ4n) is 2.17. The van der Waals surface area contributed by atoms with Gasteiger partial charge in [-0.3, -0.25) is 0 Å². The van der Waals surface area contributed by atoms with Gasteiger partial charge in [-0.15, -0.1) is 11.8 Å². The van der Waals surface area contributed by atoms with Crippen LogP contribution in [0.4, 0.5) is 0 Å². The second-order valence-electron chi connectivity index (χ2n) is 4.37. The van der Waals surface area contributed by atoms with Gasteiger partial charge in [0.2, 0.25) is 0 Å². The molecule has 1 saturated carbocycles. The van der Waals surface area contributed by atoms with Crippen molar-refractivity contribution < 1.29 is 0 Å². The highest BCUT2D eigenvalue weighted by Gasteiger charge is 2.24. The third kappa shape index (κ3) is 3.49. The maximum Gasteiger partial charge on any atom is 0.0962 e. The summed E-state index contributed by atoms with van der Waals surface area (Å²) in [6.45, 7) is 3.38. The maximum absolute atomic E-state index is 4.37. The molecule has 1 aromatic heterocycles. The smallest absolute Gasteiger partial charge is 0.0962 e. The summed E-state index contributed by atoms with van der Waals surface area (Å²) in [5.74, 6) is 0. The zero-order chi connectivity index (χ0) is 11.2. The molecule has 16 heavy (non-hydrogen) atoms. The molecule has 0 saturated heterocycles. The molecule has 0 amide bonds. The van der Waals surface area contributed by atoms with Crippen LogP contribution >= 0.6 is 11.8 Å². The monoisotopic (exact) mass is 236 g/mol. The molecule has 1 aromatic rings. The van der Waals surface area contributed by atoms with Crippen LogP contribution in [0.1, 0.15) is 32.6 Å². The third-order valence-electron chi connectivity index (χ3n) is 2.99. The van der Waals surface area contributed by atoms with Crippen molar-refractivity contribution in [1.29, 1.82) is 0 Å². The Morgan fingerprint density at radius 2 is 2.38 bits per heavy atom. The first-order valence-corrected chi connectivity index (χ1v) is 7.07. The zero-order valence-electron chi connectivity index (χ0n) is 9.86. The predicted molar refractivity (Wildman–Crippen MR) is 69.8 cm³/mol. The Morgan fingerprint density at radius 3 is 3.12 bits per heavy atom. The van der Waals surface area contributed by atoms with E-state index in [0.717, 1.165) is 17.8 Å². The van der Waals surface area contributed by atoms with Gasteiger partial charge in [-0.05, 0) is 44.4 Å². The Labute approximate surface area is 102 Å². The Bertz CT molecular complexity index is 302. The number of hydrogen-bond donors (Lipinski definition) is 1. The van der Waals surface area contributed by atoms with Crippen LogP contribution in [-0.4, -0.2) is 22.8 Å². The van der Waals surface area contributed by atoms with E-state index in [1.165, 1.54) is 30.7 Å². The van der Waals surface area contributed by atoms with Crippen LogP contribution < -0.4 is 5.32 Å². The van der Waals surface area contributed by atoms with Gasteiger partial charge in [-0.25, -0.2) is 4.98 Å². The summed E-state index contributed by atoms with van der Waals surface area (Å²) in [4.78, 5) is 4.37. The van der Waals surface area contributed by atoms with Gasteiger partial charge in [0.25, 0.3) is 0 Å². The highest BCUT2D eigenvalue weighted by Crippen LogP contribution is 2.33. The summed E-state index contributed by atoms with van der Waals surface area (Å²) in [7, 11) is 0. The Morgan fingerprint density at radius 1 is 1.44 bits per heavy atom. The molecule has 2 atom stereocenters. The minimum atomic E-state index is 0.737. The molecule has 1 fully saturated rings. The highest BCUT2D eigenvalue weighted by molar-refractivity contribution is 7.99. The Balaban J connectivity index is 1.76. The van der Waals surface area contributed by atoms with Crippen LogP contribution in [0.25, 0.3) is 0 Å². The summed E-state index contributed by atoms with van der Waals surface area (Å²) in [5.41, 5.74) is 0. The summed E-state index contributed by atoms with van der Waals surface area (Å²) >= 11 is 1.94. The zero-order valence-corrected chi connectivity index (χ0v) is 10.7. The lowest BCUT2D eigenvalue weighted by atomic mass is 10.2. The highest BCUT2D eigenvalue weighted by atomic mass is 32.2. The van der Waals surface area contributed by atoms with Crippen molar-refractivity contribution in [1.82, 2.24) is 10.3 Å². The molecule has 2 rings (SSSR count). The second kappa shape index (κ2) is 6.26. The summed E-state index contributed by atoms with van der Waals surface area (Å²) in [5, 5.41) is 5.54. The lowest BCUT2D eigenvalue weighted by Gasteiger charge is -2.12. The fraction of sp³-hybridized carbons (Fsp3) is 0.615. The van der Waals surface area contributed by atoms with E-state index in [2.05, 4.69) is 29.4 Å². The van der Waals surface area contributed by atoms with Gasteiger partial charge in [-0.2, -0.15) is 0 Å². The van der Waals surface area contributed by atoms with Gasteiger partial charge in [0.05, 0.1) is 5.03 Å². The van der Waals surface area contributed by atoms with E-state index in [1.807, 2.05) is 24.0 Å². The molecular formula is C13H20N2S. The van der Waals surface area contributed by atoms with Crippen molar-refractivity contribution in [3.63, 3.8) is 0 Å². The third-order valence-corrected chi connectivity index (χ3v) is 4.24. The molecule has 3 heteroatoms. The number of rotatable bonds is 5. The van der Waals surface area contributed by atoms with Crippen molar-refractivity contribution in [3.8, 4) is 0 Å². The molecule has 0 spiro atoms. The number of hydrogen-bond acceptors (Lipinski definition) is 3. The second-order valence-corrected chi connectivity index (χ2v) is 5.69. The largest absolute Gasteiger partial charge is 0.314 e. The van der Waals surface area contributed by atoms with Crippen molar-refractivity contribution in [2.75, 3.05) is 6.54 Å². The molecule has 1 N–H and O–H groups in total. The molecule has 1 heterocycles. The number of aromatic nitrogens is 1. The van der Waals surface area contributed by atoms with E-state index in [-0.39, 0.29) is 0 Å². The minimum Gasteiger partial charge on any atom is -0.314 e. The quantitative estimate of drug-likeness (QED) is 0.850. The Hall–Kier alpha value is -0.540. The molecule has 2 nitrogen and oxygen atoms in total. The maximum atomic E-state index is 4.37. The molecule has 0 bridgehead atoms. The molecule has 0 aliphatic heterocycles. The first-order chi connectivity index (χ1) is 7.88. The summed E-state index contributed by atoms with van der Waals surface area (Å²) in [6.07, 6.45) is 7.05. The fourth-order valence-corrected chi connectivity index (χ4v) is 3.37. The van der Waals surface area contributed by atoms with E-state index >= 15 is 0 Å². The van der Waals surface area contributed by atoms with Gasteiger partial charge in [0, 0.05) is 17.5 Å². The molecular weight excluding hydrogens is 216 g/mol. The van der Waals surface area contributed by atoms with Crippen LogP contribution in [0.5, 0.6) is 0 Å². The molecule has 0 radical (unpaired) electrons. The minimum absolute atomic E-state index is 0.737. The van der Waals surface area contributed by atoms with Gasteiger partial charge in [0.15, 0.2) is 0 Å². The van der Waals surface area contributed by atoms with Gasteiger partial charge in [-0.1, -0.05) is 13.0 Å². The van der Waals surface area contributed by atoms with Crippen LogP contribution in [0.2, 0.25) is 0 Å².